The van der Waals surface area contributed by atoms with Crippen molar-refractivity contribution in [1.29, 1.82) is 0 Å². The molecule has 0 aliphatic heterocycles. The van der Waals surface area contributed by atoms with Crippen LogP contribution in [-0.4, -0.2) is 16.2 Å². The molecule has 0 saturated heterocycles. The minimum absolute atomic E-state index is 0.0776. The zero-order valence-electron chi connectivity index (χ0n) is 6.31. The third-order valence-electron chi connectivity index (χ3n) is 1.14. The summed E-state index contributed by atoms with van der Waals surface area (Å²) in [5, 5.41) is 12.0. The van der Waals surface area contributed by atoms with Crippen LogP contribution >= 0.6 is 12.6 Å². The minimum Gasteiger partial charge on any atom is -0.477 e. The third-order valence-corrected chi connectivity index (χ3v) is 1.46. The second kappa shape index (κ2) is 3.44. The molecular weight excluding hydrogens is 178 g/mol. The number of nitrogens with zero attached hydrogens (tertiary/aromatic N) is 1. The van der Waals surface area contributed by atoms with Crippen molar-refractivity contribution in [3.63, 3.8) is 0 Å². The summed E-state index contributed by atoms with van der Waals surface area (Å²) in [6.07, 6.45) is 1.30. The zero-order chi connectivity index (χ0) is 9.14. The standard InChI is InChI=1S/C7H7NO3S/c1-4-2-5(11-8-4)3-6(12)7(9)10/h2-3,12H,1H3,(H,9,10)/b6-3+. The van der Waals surface area contributed by atoms with Crippen molar-refractivity contribution in [2.45, 2.75) is 6.92 Å². The normalized spacial score (nSPS) is 11.7. The van der Waals surface area contributed by atoms with Gasteiger partial charge in [-0.3, -0.25) is 0 Å². The Bertz CT molecular complexity index is 329. The van der Waals surface area contributed by atoms with Crippen LogP contribution in [-0.2, 0) is 4.79 Å². The van der Waals surface area contributed by atoms with Crippen molar-refractivity contribution in [2.24, 2.45) is 0 Å². The summed E-state index contributed by atoms with van der Waals surface area (Å²) in [5.74, 6) is -0.702. The van der Waals surface area contributed by atoms with Crippen LogP contribution in [0.25, 0.3) is 6.08 Å². The number of carboxylic acid groups (broad SMARTS) is 1. The van der Waals surface area contributed by atoms with Crippen LogP contribution in [0.1, 0.15) is 11.5 Å². The van der Waals surface area contributed by atoms with Crippen molar-refractivity contribution in [2.75, 3.05) is 0 Å². The molecule has 0 unspecified atom stereocenters. The number of hydrogen-bond donors (Lipinski definition) is 2. The van der Waals surface area contributed by atoms with Gasteiger partial charge in [0.2, 0.25) is 0 Å². The molecule has 0 aromatic carbocycles. The largest absolute Gasteiger partial charge is 0.477 e. The number of rotatable bonds is 2. The molecule has 0 saturated carbocycles. The Morgan fingerprint density at radius 1 is 1.83 bits per heavy atom. The van der Waals surface area contributed by atoms with Crippen molar-refractivity contribution in [1.82, 2.24) is 5.16 Å². The molecule has 1 aromatic rings. The molecule has 1 heterocycles. The SMILES string of the molecule is Cc1cc(/C=C(/S)C(=O)O)on1. The third kappa shape index (κ3) is 2.13. The van der Waals surface area contributed by atoms with E-state index in [2.05, 4.69) is 17.8 Å². The van der Waals surface area contributed by atoms with Gasteiger partial charge < -0.3 is 9.63 Å². The first-order chi connectivity index (χ1) is 5.59. The molecule has 1 N–H and O–H groups in total. The van der Waals surface area contributed by atoms with Crippen molar-refractivity contribution in [3.8, 4) is 0 Å². The van der Waals surface area contributed by atoms with Gasteiger partial charge in [0.25, 0.3) is 0 Å². The summed E-state index contributed by atoms with van der Waals surface area (Å²) >= 11 is 3.72. The molecular formula is C7H7NO3S. The van der Waals surface area contributed by atoms with Crippen LogP contribution in [0, 0.1) is 6.92 Å². The lowest BCUT2D eigenvalue weighted by Crippen LogP contribution is -1.92. The summed E-state index contributed by atoms with van der Waals surface area (Å²) in [7, 11) is 0. The van der Waals surface area contributed by atoms with Crippen LogP contribution in [0.15, 0.2) is 15.5 Å². The smallest absolute Gasteiger partial charge is 0.342 e. The molecule has 4 nitrogen and oxygen atoms in total. The average molecular weight is 185 g/mol. The van der Waals surface area contributed by atoms with Crippen LogP contribution in [0.3, 0.4) is 0 Å². The Kier molecular flexibility index (Phi) is 2.54. The van der Waals surface area contributed by atoms with E-state index in [1.807, 2.05) is 0 Å². The molecule has 64 valence electrons. The maximum atomic E-state index is 10.3. The quantitative estimate of drug-likeness (QED) is 0.539. The van der Waals surface area contributed by atoms with E-state index in [0.29, 0.717) is 11.5 Å². The molecule has 0 atom stereocenters. The van der Waals surface area contributed by atoms with Crippen LogP contribution < -0.4 is 0 Å². The Balaban J connectivity index is 2.87. The summed E-state index contributed by atoms with van der Waals surface area (Å²) in [6.45, 7) is 1.75. The first kappa shape index (κ1) is 8.86. The second-order valence-electron chi connectivity index (χ2n) is 2.21. The Hall–Kier alpha value is -1.23. The van der Waals surface area contributed by atoms with Crippen molar-refractivity contribution >= 4 is 24.7 Å². The fourth-order valence-corrected chi connectivity index (χ4v) is 0.775. The molecule has 5 heteroatoms. The van der Waals surface area contributed by atoms with E-state index in [1.165, 1.54) is 6.08 Å². The predicted molar refractivity (Wildman–Crippen MR) is 45.8 cm³/mol. The Morgan fingerprint density at radius 2 is 2.50 bits per heavy atom. The molecule has 0 fully saturated rings. The van der Waals surface area contributed by atoms with Crippen LogP contribution in [0.5, 0.6) is 0 Å². The molecule has 0 radical (unpaired) electrons. The molecule has 12 heavy (non-hydrogen) atoms. The van der Waals surface area contributed by atoms with Crippen LogP contribution in [0.4, 0.5) is 0 Å². The van der Waals surface area contributed by atoms with Gasteiger partial charge in [0.05, 0.1) is 10.6 Å². The van der Waals surface area contributed by atoms with Gasteiger partial charge in [-0.15, -0.1) is 12.6 Å². The number of aromatic nitrogens is 1. The number of hydrogen-bond acceptors (Lipinski definition) is 4. The van der Waals surface area contributed by atoms with E-state index in [-0.39, 0.29) is 4.91 Å². The number of aryl methyl sites for hydroxylation is 1. The monoisotopic (exact) mass is 185 g/mol. The van der Waals surface area contributed by atoms with Crippen molar-refractivity contribution in [3.05, 3.63) is 22.4 Å². The molecule has 0 amide bonds. The highest BCUT2D eigenvalue weighted by molar-refractivity contribution is 7.85. The Labute approximate surface area is 74.3 Å². The molecule has 0 spiro atoms. The summed E-state index contributed by atoms with van der Waals surface area (Å²) < 4.78 is 4.75. The highest BCUT2D eigenvalue weighted by atomic mass is 32.1. The van der Waals surface area contributed by atoms with Gasteiger partial charge in [0, 0.05) is 12.1 Å². The van der Waals surface area contributed by atoms with Gasteiger partial charge >= 0.3 is 5.97 Å². The van der Waals surface area contributed by atoms with Gasteiger partial charge in [-0.1, -0.05) is 5.16 Å². The number of thiol groups is 1. The van der Waals surface area contributed by atoms with E-state index < -0.39 is 5.97 Å². The molecule has 0 aliphatic rings. The molecule has 0 bridgehead atoms. The highest BCUT2D eigenvalue weighted by Crippen LogP contribution is 2.10. The topological polar surface area (TPSA) is 63.3 Å². The minimum atomic E-state index is -1.09. The fraction of sp³-hybridized carbons (Fsp3) is 0.143. The molecule has 1 rings (SSSR count). The fourth-order valence-electron chi connectivity index (χ4n) is 0.648. The summed E-state index contributed by atoms with van der Waals surface area (Å²) in [5.41, 5.74) is 0.702. The predicted octanol–water partition coefficient (Wildman–Crippen LogP) is 1.34. The van der Waals surface area contributed by atoms with Gasteiger partial charge in [-0.2, -0.15) is 0 Å². The van der Waals surface area contributed by atoms with E-state index in [1.54, 1.807) is 13.0 Å². The maximum absolute atomic E-state index is 10.3. The van der Waals surface area contributed by atoms with Crippen molar-refractivity contribution < 1.29 is 14.4 Å². The van der Waals surface area contributed by atoms with Gasteiger partial charge in [0.15, 0.2) is 5.76 Å². The van der Waals surface area contributed by atoms with Crippen LogP contribution in [0.2, 0.25) is 0 Å². The van der Waals surface area contributed by atoms with E-state index in [9.17, 15) is 4.79 Å². The van der Waals surface area contributed by atoms with E-state index >= 15 is 0 Å². The second-order valence-corrected chi connectivity index (χ2v) is 2.69. The first-order valence-corrected chi connectivity index (χ1v) is 3.61. The lowest BCUT2D eigenvalue weighted by atomic mass is 10.3. The number of carbonyl (C=O) groups is 1. The lowest BCUT2D eigenvalue weighted by Gasteiger charge is -1.87. The number of aliphatic carboxylic acids is 1. The lowest BCUT2D eigenvalue weighted by molar-refractivity contribution is -0.131. The average Bonchev–Trinajstić information content (AvgIpc) is 2.35. The molecule has 0 aliphatic carbocycles. The van der Waals surface area contributed by atoms with Gasteiger partial charge in [-0.25, -0.2) is 4.79 Å². The van der Waals surface area contributed by atoms with E-state index in [0.717, 1.165) is 0 Å². The zero-order valence-corrected chi connectivity index (χ0v) is 7.21. The number of carboxylic acids is 1. The first-order valence-electron chi connectivity index (χ1n) is 3.17. The molecule has 1 aromatic heterocycles. The van der Waals surface area contributed by atoms with Gasteiger partial charge in [0.1, 0.15) is 0 Å². The Morgan fingerprint density at radius 3 is 2.92 bits per heavy atom. The summed E-state index contributed by atoms with van der Waals surface area (Å²) in [6, 6.07) is 1.62. The van der Waals surface area contributed by atoms with E-state index in [4.69, 9.17) is 9.63 Å². The van der Waals surface area contributed by atoms with Gasteiger partial charge in [-0.05, 0) is 6.92 Å². The summed E-state index contributed by atoms with van der Waals surface area (Å²) in [4.78, 5) is 10.2. The maximum Gasteiger partial charge on any atom is 0.342 e. The highest BCUT2D eigenvalue weighted by Gasteiger charge is 2.03.